The Morgan fingerprint density at radius 3 is 2.89 bits per heavy atom. The first-order valence-corrected chi connectivity index (χ1v) is 7.31. The molecule has 2 rings (SSSR count). The van der Waals surface area contributed by atoms with Gasteiger partial charge >= 0.3 is 0 Å². The molecule has 18 heavy (non-hydrogen) atoms. The first kappa shape index (κ1) is 13.8. The number of ether oxygens (including phenoxy) is 1. The van der Waals surface area contributed by atoms with Crippen molar-refractivity contribution in [3.05, 3.63) is 28.2 Å². The largest absolute Gasteiger partial charge is 0.375 e. The van der Waals surface area contributed by atoms with E-state index in [2.05, 4.69) is 52.9 Å². The van der Waals surface area contributed by atoms with E-state index in [0.717, 1.165) is 29.6 Å². The van der Waals surface area contributed by atoms with Crippen molar-refractivity contribution in [3.63, 3.8) is 0 Å². The Morgan fingerprint density at radius 2 is 2.22 bits per heavy atom. The second-order valence-electron chi connectivity index (χ2n) is 4.88. The Hall–Kier alpha value is -0.580. The van der Waals surface area contributed by atoms with Gasteiger partial charge in [-0.25, -0.2) is 0 Å². The number of nitrogens with zero attached hydrogens (tertiary/aromatic N) is 1. The molecule has 1 saturated heterocycles. The summed E-state index contributed by atoms with van der Waals surface area (Å²) in [6.07, 6.45) is 1.38. The smallest absolute Gasteiger partial charge is 0.0723 e. The van der Waals surface area contributed by atoms with E-state index in [0.29, 0.717) is 12.6 Å². The van der Waals surface area contributed by atoms with Crippen LogP contribution in [0.25, 0.3) is 0 Å². The van der Waals surface area contributed by atoms with Gasteiger partial charge in [0.2, 0.25) is 0 Å². The van der Waals surface area contributed by atoms with Crippen LogP contribution in [0.3, 0.4) is 0 Å². The van der Waals surface area contributed by atoms with Crippen molar-refractivity contribution in [2.45, 2.75) is 39.0 Å². The zero-order valence-corrected chi connectivity index (χ0v) is 12.6. The summed E-state index contributed by atoms with van der Waals surface area (Å²) in [5.74, 6) is 0. The Labute approximate surface area is 117 Å². The number of hydrogen-bond donors (Lipinski definition) is 1. The molecule has 4 heteroatoms. The fourth-order valence-corrected chi connectivity index (χ4v) is 2.94. The van der Waals surface area contributed by atoms with Crippen LogP contribution in [0.5, 0.6) is 0 Å². The predicted molar refractivity (Wildman–Crippen MR) is 78.9 cm³/mol. The maximum Gasteiger partial charge on any atom is 0.0723 e. The van der Waals surface area contributed by atoms with Crippen LogP contribution in [0.2, 0.25) is 0 Å². The maximum atomic E-state index is 5.75. The summed E-state index contributed by atoms with van der Waals surface area (Å²) >= 11 is 3.56. The average Bonchev–Trinajstić information content (AvgIpc) is 2.38. The molecule has 1 aromatic carbocycles. The minimum Gasteiger partial charge on any atom is -0.375 e. The molecule has 0 amide bonds. The summed E-state index contributed by atoms with van der Waals surface area (Å²) in [5, 5.41) is 0. The van der Waals surface area contributed by atoms with Crippen LogP contribution < -0.4 is 10.6 Å². The highest BCUT2D eigenvalue weighted by Crippen LogP contribution is 2.27. The summed E-state index contributed by atoms with van der Waals surface area (Å²) in [6.45, 7) is 6.66. The van der Waals surface area contributed by atoms with E-state index in [4.69, 9.17) is 10.5 Å². The second kappa shape index (κ2) is 6.04. The van der Waals surface area contributed by atoms with Crippen molar-refractivity contribution in [1.82, 2.24) is 0 Å². The first-order chi connectivity index (χ1) is 8.63. The molecule has 1 aliphatic heterocycles. The molecule has 0 aliphatic carbocycles. The molecule has 1 aromatic rings. The molecule has 100 valence electrons. The lowest BCUT2D eigenvalue weighted by atomic mass is 10.1. The molecule has 0 radical (unpaired) electrons. The van der Waals surface area contributed by atoms with Gasteiger partial charge < -0.3 is 15.4 Å². The summed E-state index contributed by atoms with van der Waals surface area (Å²) < 4.78 is 6.83. The molecule has 1 heterocycles. The Morgan fingerprint density at radius 1 is 1.44 bits per heavy atom. The van der Waals surface area contributed by atoms with Crippen molar-refractivity contribution >= 4 is 21.6 Å². The lowest BCUT2D eigenvalue weighted by Gasteiger charge is -2.40. The van der Waals surface area contributed by atoms with Gasteiger partial charge in [0.25, 0.3) is 0 Å². The first-order valence-electron chi connectivity index (χ1n) is 6.51. The number of anilines is 1. The van der Waals surface area contributed by atoms with Crippen LogP contribution in [0.4, 0.5) is 5.69 Å². The normalized spacial score (nSPS) is 24.3. The molecule has 1 aliphatic rings. The molecule has 0 bridgehead atoms. The highest BCUT2D eigenvalue weighted by atomic mass is 79.9. The lowest BCUT2D eigenvalue weighted by Crippen LogP contribution is -2.48. The van der Waals surface area contributed by atoms with Gasteiger partial charge in [-0.2, -0.15) is 0 Å². The summed E-state index contributed by atoms with van der Waals surface area (Å²) in [6, 6.07) is 6.89. The molecule has 0 saturated carbocycles. The Kier molecular flexibility index (Phi) is 4.65. The molecule has 2 unspecified atom stereocenters. The van der Waals surface area contributed by atoms with Gasteiger partial charge in [0.1, 0.15) is 0 Å². The molecule has 2 N–H and O–H groups in total. The molecule has 0 aromatic heterocycles. The van der Waals surface area contributed by atoms with Gasteiger partial charge in [-0.3, -0.25) is 0 Å². The second-order valence-corrected chi connectivity index (χ2v) is 5.80. The van der Waals surface area contributed by atoms with Gasteiger partial charge in [0, 0.05) is 23.2 Å². The van der Waals surface area contributed by atoms with Crippen LogP contribution >= 0.6 is 15.9 Å². The monoisotopic (exact) mass is 312 g/mol. The number of benzene rings is 1. The number of morpholine rings is 1. The Bertz CT molecular complexity index is 411. The van der Waals surface area contributed by atoms with Crippen molar-refractivity contribution in [2.75, 3.05) is 18.1 Å². The number of rotatable bonds is 3. The van der Waals surface area contributed by atoms with Gasteiger partial charge in [-0.1, -0.05) is 22.9 Å². The highest BCUT2D eigenvalue weighted by Gasteiger charge is 2.25. The van der Waals surface area contributed by atoms with Crippen LogP contribution in [0, 0.1) is 0 Å². The molecule has 1 fully saturated rings. The number of nitrogens with two attached hydrogens (primary N) is 1. The van der Waals surface area contributed by atoms with Crippen LogP contribution in [-0.4, -0.2) is 25.3 Å². The quantitative estimate of drug-likeness (QED) is 0.932. The van der Waals surface area contributed by atoms with Crippen molar-refractivity contribution < 1.29 is 4.74 Å². The number of halogens is 1. The minimum absolute atomic E-state index is 0.285. The fraction of sp³-hybridized carbons (Fsp3) is 0.571. The van der Waals surface area contributed by atoms with Crippen LogP contribution in [0.15, 0.2) is 22.7 Å². The third kappa shape index (κ3) is 3.05. The maximum absolute atomic E-state index is 5.75. The van der Waals surface area contributed by atoms with E-state index in [1.807, 2.05) is 0 Å². The van der Waals surface area contributed by atoms with E-state index in [-0.39, 0.29) is 6.10 Å². The van der Waals surface area contributed by atoms with Crippen molar-refractivity contribution in [3.8, 4) is 0 Å². The van der Waals surface area contributed by atoms with Gasteiger partial charge in [0.05, 0.1) is 18.8 Å². The number of hydrogen-bond acceptors (Lipinski definition) is 3. The van der Waals surface area contributed by atoms with Crippen LogP contribution in [0.1, 0.15) is 25.8 Å². The third-order valence-corrected chi connectivity index (χ3v) is 3.91. The van der Waals surface area contributed by atoms with Crippen LogP contribution in [-0.2, 0) is 11.3 Å². The standard InChI is InChI=1S/C14H21BrN2O/c1-3-13-9-18-10(2)8-17(13)14-5-11(7-16)4-12(15)6-14/h4-6,10,13H,3,7-9,16H2,1-2H3. The van der Waals surface area contributed by atoms with E-state index < -0.39 is 0 Å². The average molecular weight is 313 g/mol. The zero-order chi connectivity index (χ0) is 13.1. The van der Waals surface area contributed by atoms with Gasteiger partial charge in [0.15, 0.2) is 0 Å². The van der Waals surface area contributed by atoms with Gasteiger partial charge in [-0.05, 0) is 37.1 Å². The summed E-state index contributed by atoms with van der Waals surface area (Å²) in [7, 11) is 0. The highest BCUT2D eigenvalue weighted by molar-refractivity contribution is 9.10. The summed E-state index contributed by atoms with van der Waals surface area (Å²) in [5.41, 5.74) is 8.15. The van der Waals surface area contributed by atoms with Crippen molar-refractivity contribution in [1.29, 1.82) is 0 Å². The van der Waals surface area contributed by atoms with E-state index >= 15 is 0 Å². The third-order valence-electron chi connectivity index (χ3n) is 3.45. The lowest BCUT2D eigenvalue weighted by molar-refractivity contribution is 0.0299. The topological polar surface area (TPSA) is 38.5 Å². The predicted octanol–water partition coefficient (Wildman–Crippen LogP) is 2.91. The van der Waals surface area contributed by atoms with E-state index in [1.165, 1.54) is 5.69 Å². The van der Waals surface area contributed by atoms with E-state index in [9.17, 15) is 0 Å². The SMILES string of the molecule is CCC1COC(C)CN1c1cc(Br)cc(CN)c1. The van der Waals surface area contributed by atoms with Crippen molar-refractivity contribution in [2.24, 2.45) is 5.73 Å². The molecule has 2 atom stereocenters. The molecule has 0 spiro atoms. The fourth-order valence-electron chi connectivity index (χ4n) is 2.42. The summed E-state index contributed by atoms with van der Waals surface area (Å²) in [4.78, 5) is 2.44. The Balaban J connectivity index is 2.29. The van der Waals surface area contributed by atoms with E-state index in [1.54, 1.807) is 0 Å². The molecule has 3 nitrogen and oxygen atoms in total. The molecular formula is C14H21BrN2O. The zero-order valence-electron chi connectivity index (χ0n) is 11.0. The molecular weight excluding hydrogens is 292 g/mol. The minimum atomic E-state index is 0.285. The van der Waals surface area contributed by atoms with Gasteiger partial charge in [-0.15, -0.1) is 0 Å².